The average Bonchev–Trinajstić information content (AvgIpc) is 1.70. The fraction of sp³-hybridized carbons (Fsp3) is 0. The SMILES string of the molecule is c1ccc2c(-n3c4ccccc4c4cc(-c5ccc(N(c6ccc(-c7ccc8c9ccccc9c9ccccc9c8c7)cc6)c6ccc7oc8ccccc8c7c6)cc5)ccc43)cccc2c1.c1ccc2c(-n3c4ccccc4c4cc(-c5ccc(N(c6ccc(-c7ccc8c9ccccc9c9ccccc9c8c7)cc6)c6cccc7c6oc6ccccc67)cc5)ccc43)cccc2c1. The maximum Gasteiger partial charge on any atom is 0.159 e. The van der Waals surface area contributed by atoms with Crippen molar-refractivity contribution >= 4 is 208 Å². The van der Waals surface area contributed by atoms with Crippen molar-refractivity contribution in [2.75, 3.05) is 9.80 Å². The number of hydrogen-bond donors (Lipinski definition) is 0. The van der Waals surface area contributed by atoms with E-state index in [0.717, 1.165) is 94.7 Å². The van der Waals surface area contributed by atoms with Gasteiger partial charge >= 0.3 is 0 Å². The van der Waals surface area contributed by atoms with Gasteiger partial charge in [0.15, 0.2) is 5.58 Å². The van der Waals surface area contributed by atoms with Crippen LogP contribution in [0.15, 0.2) is 494 Å². The van der Waals surface area contributed by atoms with Gasteiger partial charge in [-0.15, -0.1) is 0 Å². The van der Waals surface area contributed by atoms with Crippen LogP contribution < -0.4 is 9.80 Å². The second kappa shape index (κ2) is 31.0. The van der Waals surface area contributed by atoms with Crippen molar-refractivity contribution in [3.63, 3.8) is 0 Å². The van der Waals surface area contributed by atoms with E-state index < -0.39 is 0 Å². The first-order chi connectivity index (χ1) is 66.4. The molecular formula is C128H80N4O2. The fourth-order valence-corrected chi connectivity index (χ4v) is 21.7. The Kier molecular flexibility index (Phi) is 17.6. The molecule has 0 N–H and O–H groups in total. The average molecular weight is 1710 g/mol. The van der Waals surface area contributed by atoms with Gasteiger partial charge < -0.3 is 27.8 Å². The molecule has 0 aliphatic carbocycles. The van der Waals surface area contributed by atoms with Crippen LogP contribution in [-0.2, 0) is 0 Å². The summed E-state index contributed by atoms with van der Waals surface area (Å²) < 4.78 is 17.8. The Labute approximate surface area is 771 Å². The molecule has 0 aliphatic rings. The fourth-order valence-electron chi connectivity index (χ4n) is 21.7. The molecule has 134 heavy (non-hydrogen) atoms. The zero-order valence-electron chi connectivity index (χ0n) is 72.8. The molecule has 0 amide bonds. The van der Waals surface area contributed by atoms with Crippen LogP contribution in [0.5, 0.6) is 0 Å². The largest absolute Gasteiger partial charge is 0.456 e. The standard InChI is InChI=1S/2C64H40N2O/c1-2-15-48-43(13-1)14-11-24-59(48)66-60-23-9-7-20-54(60)58-40-45(32-38-61(58)66)42-29-35-47(36-30-42)65(62-25-12-22-56-55-21-8-10-26-63(55)67-64(56)62)46-33-27-41(28-34-46)44-31-37-53-51-18-4-3-16-49(51)50-17-5-6-19-52(50)57(53)39-44;1-2-14-49-43(12-1)13-11-22-60(49)66-61-21-9-7-19-55(61)58-39-45(29-36-62(58)66)42-26-32-47(33-27-42)65(48-34-37-64-59(40-48)56-20-8-10-23-63(56)67-64)46-30-24-41(25-31-46)44-28-35-54-52-17-4-3-15-50(52)51-16-5-6-18-53(51)57(54)38-44/h2*1-40H. The van der Waals surface area contributed by atoms with E-state index in [0.29, 0.717) is 0 Å². The minimum Gasteiger partial charge on any atom is -0.456 e. The molecule has 0 unspecified atom stereocenters. The topological polar surface area (TPSA) is 42.6 Å². The van der Waals surface area contributed by atoms with E-state index in [1.807, 2.05) is 18.2 Å². The number of benzene rings is 24. The smallest absolute Gasteiger partial charge is 0.159 e. The van der Waals surface area contributed by atoms with Gasteiger partial charge in [0.2, 0.25) is 0 Å². The first kappa shape index (κ1) is 76.2. The van der Waals surface area contributed by atoms with Crippen LogP contribution in [-0.4, -0.2) is 9.13 Å². The van der Waals surface area contributed by atoms with E-state index in [2.05, 4.69) is 486 Å². The van der Waals surface area contributed by atoms with Crippen LogP contribution in [0.4, 0.5) is 34.1 Å². The molecule has 624 valence electrons. The molecule has 0 fully saturated rings. The van der Waals surface area contributed by atoms with Crippen LogP contribution >= 0.6 is 0 Å². The van der Waals surface area contributed by atoms with E-state index in [1.54, 1.807) is 0 Å². The minimum absolute atomic E-state index is 0.860. The van der Waals surface area contributed by atoms with Gasteiger partial charge in [0.25, 0.3) is 0 Å². The Hall–Kier alpha value is -17.8. The summed E-state index contributed by atoms with van der Waals surface area (Å²) in [5.74, 6) is 0. The first-order valence-electron chi connectivity index (χ1n) is 46.0. The minimum atomic E-state index is 0.860. The van der Waals surface area contributed by atoms with E-state index in [9.17, 15) is 0 Å². The lowest BCUT2D eigenvalue weighted by Crippen LogP contribution is -2.10. The van der Waals surface area contributed by atoms with Crippen molar-refractivity contribution in [1.29, 1.82) is 0 Å². The number of anilines is 6. The van der Waals surface area contributed by atoms with Gasteiger partial charge in [-0.3, -0.25) is 0 Å². The molecule has 0 radical (unpaired) electrons. The van der Waals surface area contributed by atoms with Gasteiger partial charge in [0.05, 0.1) is 39.1 Å². The zero-order chi connectivity index (χ0) is 88.0. The summed E-state index contributed by atoms with van der Waals surface area (Å²) in [5, 5.41) is 29.7. The molecular weight excluding hydrogens is 1630 g/mol. The molecule has 0 bridgehead atoms. The van der Waals surface area contributed by atoms with E-state index >= 15 is 0 Å². The molecule has 0 saturated carbocycles. The van der Waals surface area contributed by atoms with Gasteiger partial charge in [0, 0.05) is 82.3 Å². The quantitative estimate of drug-likeness (QED) is 0.114. The van der Waals surface area contributed by atoms with E-state index in [4.69, 9.17) is 8.83 Å². The number of furan rings is 2. The van der Waals surface area contributed by atoms with Gasteiger partial charge in [-0.1, -0.05) is 340 Å². The summed E-state index contributed by atoms with van der Waals surface area (Å²) in [7, 11) is 0. The number of hydrogen-bond acceptors (Lipinski definition) is 4. The predicted octanol–water partition coefficient (Wildman–Crippen LogP) is 36.2. The van der Waals surface area contributed by atoms with E-state index in [1.165, 1.54) is 169 Å². The predicted molar refractivity (Wildman–Crippen MR) is 567 cm³/mol. The van der Waals surface area contributed by atoms with Gasteiger partial charge in [0.1, 0.15) is 16.7 Å². The Morgan fingerprint density at radius 1 is 0.149 bits per heavy atom. The highest BCUT2D eigenvalue weighted by atomic mass is 16.3. The molecule has 6 heteroatoms. The second-order valence-corrected chi connectivity index (χ2v) is 35.3. The summed E-state index contributed by atoms with van der Waals surface area (Å²) >= 11 is 0. The Balaban J connectivity index is 0.000000136. The lowest BCUT2D eigenvalue weighted by atomic mass is 9.92. The Bertz CT molecular complexity index is 9560. The van der Waals surface area contributed by atoms with Crippen LogP contribution in [0.2, 0.25) is 0 Å². The van der Waals surface area contributed by atoms with Crippen LogP contribution in [0, 0.1) is 0 Å². The number of aromatic nitrogens is 2. The van der Waals surface area contributed by atoms with Crippen molar-refractivity contribution in [3.8, 4) is 55.9 Å². The van der Waals surface area contributed by atoms with Crippen molar-refractivity contribution < 1.29 is 8.83 Å². The third-order valence-electron chi connectivity index (χ3n) is 27.9. The molecule has 6 nitrogen and oxygen atoms in total. The molecule has 4 heterocycles. The van der Waals surface area contributed by atoms with Crippen molar-refractivity contribution in [1.82, 2.24) is 9.13 Å². The summed E-state index contributed by atoms with van der Waals surface area (Å²) in [5.41, 5.74) is 26.3. The summed E-state index contributed by atoms with van der Waals surface area (Å²) in [6, 6.07) is 176. The molecule has 0 spiro atoms. The third kappa shape index (κ3) is 12.4. The number of rotatable bonds is 12. The normalized spacial score (nSPS) is 11.9. The summed E-state index contributed by atoms with van der Waals surface area (Å²) in [4.78, 5) is 4.69. The third-order valence-corrected chi connectivity index (χ3v) is 27.9. The summed E-state index contributed by atoms with van der Waals surface area (Å²) in [6.45, 7) is 0. The highest BCUT2D eigenvalue weighted by Gasteiger charge is 2.25. The summed E-state index contributed by atoms with van der Waals surface area (Å²) in [6.07, 6.45) is 0. The highest BCUT2D eigenvalue weighted by Crippen LogP contribution is 2.49. The zero-order valence-corrected chi connectivity index (χ0v) is 72.8. The molecule has 4 aromatic heterocycles. The van der Waals surface area contributed by atoms with Crippen molar-refractivity contribution in [2.45, 2.75) is 0 Å². The van der Waals surface area contributed by atoms with Gasteiger partial charge in [-0.2, -0.15) is 0 Å². The van der Waals surface area contributed by atoms with Gasteiger partial charge in [-0.25, -0.2) is 0 Å². The number of nitrogens with zero attached hydrogens (tertiary/aromatic N) is 4. The van der Waals surface area contributed by atoms with E-state index in [-0.39, 0.29) is 0 Å². The lowest BCUT2D eigenvalue weighted by molar-refractivity contribution is 0.668. The Morgan fingerprint density at radius 2 is 0.433 bits per heavy atom. The molecule has 24 aromatic carbocycles. The molecule has 0 aliphatic heterocycles. The Morgan fingerprint density at radius 3 is 0.866 bits per heavy atom. The molecule has 28 aromatic rings. The number of fused-ring (bicyclic) bond motifs is 26. The second-order valence-electron chi connectivity index (χ2n) is 35.3. The first-order valence-corrected chi connectivity index (χ1v) is 46.0. The molecule has 0 saturated heterocycles. The number of para-hydroxylation sites is 5. The maximum atomic E-state index is 6.69. The molecule has 0 atom stereocenters. The maximum absolute atomic E-state index is 6.69. The van der Waals surface area contributed by atoms with Crippen LogP contribution in [0.1, 0.15) is 0 Å². The highest BCUT2D eigenvalue weighted by molar-refractivity contribution is 6.28. The van der Waals surface area contributed by atoms with Crippen LogP contribution in [0.3, 0.4) is 0 Å². The van der Waals surface area contributed by atoms with Crippen molar-refractivity contribution in [2.24, 2.45) is 0 Å². The van der Waals surface area contributed by atoms with Crippen molar-refractivity contribution in [3.05, 3.63) is 485 Å². The monoisotopic (exact) mass is 1700 g/mol. The van der Waals surface area contributed by atoms with Crippen LogP contribution in [0.25, 0.3) is 230 Å². The van der Waals surface area contributed by atoms with Gasteiger partial charge in [-0.05, 0) is 266 Å². The lowest BCUT2D eigenvalue weighted by Gasteiger charge is -2.26. The molecule has 28 rings (SSSR count).